The maximum Gasteiger partial charge on any atom is 0.249 e. The molecule has 0 aromatic heterocycles. The number of aliphatic hydroxyl groups is 1. The van der Waals surface area contributed by atoms with Crippen LogP contribution in [0.5, 0.6) is 0 Å². The highest BCUT2D eigenvalue weighted by molar-refractivity contribution is 5.95. The van der Waals surface area contributed by atoms with E-state index in [2.05, 4.69) is 13.8 Å². The van der Waals surface area contributed by atoms with Crippen LogP contribution in [0.3, 0.4) is 0 Å². The van der Waals surface area contributed by atoms with Gasteiger partial charge in [-0.2, -0.15) is 0 Å². The van der Waals surface area contributed by atoms with E-state index in [0.717, 1.165) is 25.0 Å². The fourth-order valence-electron chi connectivity index (χ4n) is 2.95. The summed E-state index contributed by atoms with van der Waals surface area (Å²) in [6.45, 7) is 6.78. The van der Waals surface area contributed by atoms with Gasteiger partial charge in [0.2, 0.25) is 5.91 Å². The third-order valence-electron chi connectivity index (χ3n) is 3.59. The van der Waals surface area contributed by atoms with Crippen LogP contribution in [0.4, 0.5) is 0 Å². The van der Waals surface area contributed by atoms with E-state index in [1.54, 1.807) is 0 Å². The maximum atomic E-state index is 12.2. The van der Waals surface area contributed by atoms with Crippen LogP contribution in [0.15, 0.2) is 11.6 Å². The number of allylic oxidation sites excluding steroid dienone is 1. The Labute approximate surface area is 97.1 Å². The van der Waals surface area contributed by atoms with E-state index in [1.165, 1.54) is 0 Å². The molecule has 1 N–H and O–H groups in total. The van der Waals surface area contributed by atoms with Gasteiger partial charge in [0.15, 0.2) is 0 Å². The molecule has 0 bridgehead atoms. The third-order valence-corrected chi connectivity index (χ3v) is 3.59. The van der Waals surface area contributed by atoms with Crippen LogP contribution >= 0.6 is 0 Å². The minimum Gasteiger partial charge on any atom is -0.388 e. The minimum atomic E-state index is -0.745. The van der Waals surface area contributed by atoms with Gasteiger partial charge in [0, 0.05) is 18.5 Å². The van der Waals surface area contributed by atoms with Gasteiger partial charge in [-0.3, -0.25) is 4.79 Å². The molecule has 2 aliphatic rings. The Morgan fingerprint density at radius 1 is 1.56 bits per heavy atom. The van der Waals surface area contributed by atoms with Crippen LogP contribution in [0.1, 0.15) is 40.0 Å². The quantitative estimate of drug-likeness (QED) is 0.688. The van der Waals surface area contributed by atoms with E-state index in [0.29, 0.717) is 12.3 Å². The molecule has 2 aliphatic heterocycles. The summed E-state index contributed by atoms with van der Waals surface area (Å²) >= 11 is 0. The first kappa shape index (κ1) is 11.6. The Balaban J connectivity index is 2.30. The zero-order valence-electron chi connectivity index (χ0n) is 10.4. The third kappa shape index (κ3) is 1.88. The van der Waals surface area contributed by atoms with Gasteiger partial charge >= 0.3 is 0 Å². The van der Waals surface area contributed by atoms with E-state index < -0.39 is 5.60 Å². The van der Waals surface area contributed by atoms with Crippen molar-refractivity contribution in [3.05, 3.63) is 11.6 Å². The van der Waals surface area contributed by atoms with Crippen molar-refractivity contribution in [2.45, 2.75) is 51.7 Å². The monoisotopic (exact) mass is 223 g/mol. The lowest BCUT2D eigenvalue weighted by Gasteiger charge is -2.42. The number of rotatable bonds is 1. The first-order valence-corrected chi connectivity index (χ1v) is 6.16. The maximum absolute atomic E-state index is 12.2. The Morgan fingerprint density at radius 3 is 2.88 bits per heavy atom. The van der Waals surface area contributed by atoms with Crippen molar-refractivity contribution < 1.29 is 9.90 Å². The van der Waals surface area contributed by atoms with Crippen molar-refractivity contribution in [2.75, 3.05) is 6.54 Å². The van der Waals surface area contributed by atoms with Crippen molar-refractivity contribution in [3.8, 4) is 0 Å². The average molecular weight is 223 g/mol. The van der Waals surface area contributed by atoms with Crippen LogP contribution in [-0.2, 0) is 4.79 Å². The molecule has 90 valence electrons. The fourth-order valence-corrected chi connectivity index (χ4v) is 2.95. The Bertz CT molecular complexity index is 331. The van der Waals surface area contributed by atoms with Gasteiger partial charge in [-0.1, -0.05) is 19.9 Å². The lowest BCUT2D eigenvalue weighted by atomic mass is 9.82. The molecule has 3 heteroatoms. The molecule has 2 rings (SSSR count). The smallest absolute Gasteiger partial charge is 0.249 e. The molecule has 1 amide bonds. The molecule has 0 unspecified atom stereocenters. The minimum absolute atomic E-state index is 0.0318. The van der Waals surface area contributed by atoms with E-state index in [9.17, 15) is 9.90 Å². The Hall–Kier alpha value is -0.830. The molecule has 0 spiro atoms. The summed E-state index contributed by atoms with van der Waals surface area (Å²) in [4.78, 5) is 14.0. The highest BCUT2D eigenvalue weighted by Gasteiger charge is 2.47. The van der Waals surface area contributed by atoms with Crippen LogP contribution in [0.2, 0.25) is 0 Å². The zero-order valence-corrected chi connectivity index (χ0v) is 10.4. The van der Waals surface area contributed by atoms with Crippen molar-refractivity contribution in [2.24, 2.45) is 5.92 Å². The van der Waals surface area contributed by atoms with E-state index in [1.807, 2.05) is 17.9 Å². The fraction of sp³-hybridized carbons (Fsp3) is 0.769. The van der Waals surface area contributed by atoms with Gasteiger partial charge in [0.05, 0.1) is 11.6 Å². The molecule has 3 nitrogen and oxygen atoms in total. The molecular weight excluding hydrogens is 202 g/mol. The largest absolute Gasteiger partial charge is 0.388 e. The molecule has 0 aromatic rings. The molecule has 0 aromatic carbocycles. The summed E-state index contributed by atoms with van der Waals surface area (Å²) in [6.07, 6.45) is 4.45. The van der Waals surface area contributed by atoms with Crippen LogP contribution < -0.4 is 0 Å². The van der Waals surface area contributed by atoms with Gasteiger partial charge in [-0.25, -0.2) is 0 Å². The van der Waals surface area contributed by atoms with E-state index >= 15 is 0 Å². The number of hydrogen-bond acceptors (Lipinski definition) is 2. The highest BCUT2D eigenvalue weighted by atomic mass is 16.3. The molecule has 2 saturated heterocycles. The lowest BCUT2D eigenvalue weighted by Crippen LogP contribution is -2.55. The van der Waals surface area contributed by atoms with Gasteiger partial charge in [-0.05, 0) is 25.7 Å². The second-order valence-corrected chi connectivity index (χ2v) is 5.63. The van der Waals surface area contributed by atoms with E-state index in [4.69, 9.17) is 0 Å². The van der Waals surface area contributed by atoms with Crippen molar-refractivity contribution in [1.82, 2.24) is 4.90 Å². The number of amides is 1. The van der Waals surface area contributed by atoms with Crippen molar-refractivity contribution >= 4 is 5.91 Å². The summed E-state index contributed by atoms with van der Waals surface area (Å²) in [5.41, 5.74) is 0.0450. The van der Waals surface area contributed by atoms with Gasteiger partial charge < -0.3 is 10.0 Å². The Morgan fingerprint density at radius 2 is 2.25 bits per heavy atom. The average Bonchev–Trinajstić information content (AvgIpc) is 2.61. The molecule has 2 atom stereocenters. The predicted octanol–water partition coefficient (Wildman–Crippen LogP) is 1.71. The number of carbonyl (C=O) groups excluding carboxylic acids is 1. The van der Waals surface area contributed by atoms with Gasteiger partial charge in [0.1, 0.15) is 0 Å². The number of carbonyl (C=O) groups is 1. The molecular formula is C13H21NO2. The number of piperidine rings is 1. The summed E-state index contributed by atoms with van der Waals surface area (Å²) < 4.78 is 0. The summed E-state index contributed by atoms with van der Waals surface area (Å²) in [6, 6.07) is 0.0318. The highest BCUT2D eigenvalue weighted by Crippen LogP contribution is 2.37. The van der Waals surface area contributed by atoms with Gasteiger partial charge in [0.25, 0.3) is 0 Å². The zero-order chi connectivity index (χ0) is 11.9. The molecule has 2 fully saturated rings. The van der Waals surface area contributed by atoms with Crippen LogP contribution in [0, 0.1) is 5.92 Å². The lowest BCUT2D eigenvalue weighted by molar-refractivity contribution is -0.139. The Kier molecular flexibility index (Phi) is 2.82. The van der Waals surface area contributed by atoms with Crippen molar-refractivity contribution in [3.63, 3.8) is 0 Å². The van der Waals surface area contributed by atoms with Crippen LogP contribution in [0.25, 0.3) is 0 Å². The normalized spacial score (nSPS) is 37.3. The predicted molar refractivity (Wildman–Crippen MR) is 62.9 cm³/mol. The summed E-state index contributed by atoms with van der Waals surface area (Å²) in [7, 11) is 0. The first-order chi connectivity index (χ1) is 7.42. The molecule has 2 heterocycles. The van der Waals surface area contributed by atoms with Crippen LogP contribution in [-0.4, -0.2) is 34.1 Å². The second kappa shape index (κ2) is 3.88. The molecule has 0 radical (unpaired) electrons. The van der Waals surface area contributed by atoms with Gasteiger partial charge in [-0.15, -0.1) is 0 Å². The molecule has 0 aliphatic carbocycles. The van der Waals surface area contributed by atoms with E-state index in [-0.39, 0.29) is 11.9 Å². The molecule has 16 heavy (non-hydrogen) atoms. The number of hydrogen-bond donors (Lipinski definition) is 1. The van der Waals surface area contributed by atoms with Crippen molar-refractivity contribution in [1.29, 1.82) is 0 Å². The second-order valence-electron chi connectivity index (χ2n) is 5.63. The molecule has 0 saturated carbocycles. The SMILES string of the molecule is CC(C)/C=C1/C[C@](C)(O)[C@@H]2CCCN2C1=O. The topological polar surface area (TPSA) is 40.5 Å². The number of nitrogens with zero attached hydrogens (tertiary/aromatic N) is 1. The first-order valence-electron chi connectivity index (χ1n) is 6.16. The summed E-state index contributed by atoms with van der Waals surface area (Å²) in [5, 5.41) is 10.4. The summed E-state index contributed by atoms with van der Waals surface area (Å²) in [5.74, 6) is 0.497. The standard InChI is InChI=1S/C13H21NO2/c1-9(2)7-10-8-13(3,16)11-5-4-6-14(11)12(10)15/h7,9,11,16H,4-6,8H2,1-3H3/b10-7-/t11-,13-/m0/s1. The number of fused-ring (bicyclic) bond motifs is 1.